The molecule has 1 rings (SSSR count). The molecule has 0 saturated carbocycles. The van der Waals surface area contributed by atoms with E-state index in [0.717, 1.165) is 12.1 Å². The van der Waals surface area contributed by atoms with Crippen LogP contribution in [0.5, 0.6) is 0 Å². The van der Waals surface area contributed by atoms with Gasteiger partial charge in [0, 0.05) is 0 Å². The van der Waals surface area contributed by atoms with Crippen LogP contribution in [0.2, 0.25) is 0 Å². The number of benzene rings is 1. The molecule has 0 amide bonds. The Morgan fingerprint density at radius 1 is 1.36 bits per heavy atom. The minimum atomic E-state index is -2.00. The van der Waals surface area contributed by atoms with Crippen LogP contribution in [0.15, 0.2) is 29.2 Å². The van der Waals surface area contributed by atoms with Crippen molar-refractivity contribution in [3.8, 4) is 0 Å². The van der Waals surface area contributed by atoms with Crippen molar-refractivity contribution < 1.29 is 66.0 Å². The quantitative estimate of drug-likeness (QED) is 0.443. The Kier molecular flexibility index (Phi) is 5.98. The van der Waals surface area contributed by atoms with Gasteiger partial charge in [0.15, 0.2) is 11.1 Å². The van der Waals surface area contributed by atoms with Crippen LogP contribution < -0.4 is 51.4 Å². The molecule has 0 radical (unpaired) electrons. The molecule has 1 N–H and O–H groups in total. The summed E-state index contributed by atoms with van der Waals surface area (Å²) in [4.78, 5) is 0.210. The van der Waals surface area contributed by atoms with Gasteiger partial charge in [0.05, 0.1) is 4.90 Å². The third-order valence-electron chi connectivity index (χ3n) is 1.02. The minimum Gasteiger partial charge on any atom is -1.00 e. The molecule has 1 unspecified atom stereocenters. The molecule has 2 nitrogen and oxygen atoms in total. The summed E-state index contributed by atoms with van der Waals surface area (Å²) in [5.74, 6) is -0.408. The Morgan fingerprint density at radius 2 is 1.82 bits per heavy atom. The molecule has 56 valence electrons. The molecule has 0 aliphatic heterocycles. The smallest absolute Gasteiger partial charge is 1.00 e. The second-order valence-corrected chi connectivity index (χ2v) is 2.67. The van der Waals surface area contributed by atoms with Crippen LogP contribution >= 0.6 is 0 Å². The maximum absolute atomic E-state index is 12.2. The summed E-state index contributed by atoms with van der Waals surface area (Å²) in [5, 5.41) is 0. The van der Waals surface area contributed by atoms with E-state index in [0.29, 0.717) is 0 Å². The zero-order valence-corrected chi connectivity index (χ0v) is 9.89. The van der Waals surface area contributed by atoms with E-state index < -0.39 is 16.9 Å². The predicted octanol–water partition coefficient (Wildman–Crippen LogP) is -1.48. The van der Waals surface area contributed by atoms with Crippen molar-refractivity contribution in [2.24, 2.45) is 0 Å². The van der Waals surface area contributed by atoms with Crippen molar-refractivity contribution in [3.63, 3.8) is 0 Å². The van der Waals surface area contributed by atoms with E-state index in [1.54, 1.807) is 0 Å². The van der Waals surface area contributed by atoms with Gasteiger partial charge in [0.2, 0.25) is 0 Å². The van der Waals surface area contributed by atoms with Gasteiger partial charge in [-0.25, -0.2) is 8.60 Å². The van der Waals surface area contributed by atoms with E-state index in [4.69, 9.17) is 4.55 Å². The normalized spacial score (nSPS) is 11.8. The zero-order valence-electron chi connectivity index (χ0n) is 6.95. The molecule has 0 aliphatic carbocycles. The average Bonchev–Trinajstić information content (AvgIpc) is 1.88. The van der Waals surface area contributed by atoms with Gasteiger partial charge in [0.1, 0.15) is 5.82 Å². The van der Waals surface area contributed by atoms with Crippen LogP contribution in [-0.2, 0) is 11.1 Å². The van der Waals surface area contributed by atoms with Crippen molar-refractivity contribution in [3.05, 3.63) is 30.1 Å². The molecule has 1 atom stereocenters. The fourth-order valence-electron chi connectivity index (χ4n) is 0.551. The van der Waals surface area contributed by atoms with Crippen LogP contribution in [0.25, 0.3) is 0 Å². The van der Waals surface area contributed by atoms with Crippen molar-refractivity contribution in [1.82, 2.24) is 0 Å². The largest absolute Gasteiger partial charge is 1.00 e. The molecule has 5 heteroatoms. The molecule has 0 spiro atoms. The molecule has 0 fully saturated rings. The molecule has 0 heterocycles. The third kappa shape index (κ3) is 3.89. The fourth-order valence-corrected chi connectivity index (χ4v) is 0.920. The van der Waals surface area contributed by atoms with E-state index in [1.807, 2.05) is 0 Å². The van der Waals surface area contributed by atoms with Gasteiger partial charge in [-0.05, 0) is 24.3 Å². The monoisotopic (exact) mass is 200 g/mol. The number of hydrogen-bond acceptors (Lipinski definition) is 1. The summed E-state index contributed by atoms with van der Waals surface area (Å²) in [7, 11) is 0. The van der Waals surface area contributed by atoms with Crippen LogP contribution in [0, 0.1) is 5.82 Å². The van der Waals surface area contributed by atoms with Crippen molar-refractivity contribution in [2.45, 2.75) is 4.90 Å². The summed E-state index contributed by atoms with van der Waals surface area (Å²) in [6, 6.07) is 4.82. The van der Waals surface area contributed by atoms with Crippen LogP contribution in [0.3, 0.4) is 0 Å². The maximum Gasteiger partial charge on any atom is 1.00 e. The molecule has 1 aromatic carbocycles. The van der Waals surface area contributed by atoms with Crippen LogP contribution in [0.4, 0.5) is 4.39 Å². The van der Waals surface area contributed by atoms with E-state index in [9.17, 15) is 8.60 Å². The van der Waals surface area contributed by atoms with Crippen molar-refractivity contribution in [1.29, 1.82) is 0 Å². The predicted molar refractivity (Wildman–Crippen MR) is 36.5 cm³/mol. The Balaban J connectivity index is 0. The first-order chi connectivity index (χ1) is 4.70. The Morgan fingerprint density at radius 3 is 2.18 bits per heavy atom. The topological polar surface area (TPSA) is 37.3 Å². The Bertz CT molecular complexity index is 254. The van der Waals surface area contributed by atoms with E-state index in [1.165, 1.54) is 12.1 Å². The Hall–Kier alpha value is 0.896. The van der Waals surface area contributed by atoms with Crippen LogP contribution in [-0.4, -0.2) is 8.76 Å². The molecular formula is C6H6FKO2S. The van der Waals surface area contributed by atoms with Gasteiger partial charge in [-0.15, -0.1) is 0 Å². The molecule has 11 heavy (non-hydrogen) atoms. The molecular weight excluding hydrogens is 194 g/mol. The Labute approximate surface area is 110 Å². The second kappa shape index (κ2) is 5.53. The summed E-state index contributed by atoms with van der Waals surface area (Å²) in [6.07, 6.45) is 0. The standard InChI is InChI=1S/C6H5FO2S.K.H/c7-5-1-3-6(4-2-5)10(8)9;;/h1-4H,(H,8,9);;/q;+1;-1. The van der Waals surface area contributed by atoms with E-state index in [2.05, 4.69) is 0 Å². The maximum atomic E-state index is 12.2. The summed E-state index contributed by atoms with van der Waals surface area (Å²) < 4.78 is 30.9. The molecule has 0 saturated heterocycles. The number of halogens is 1. The molecule has 0 aliphatic rings. The van der Waals surface area contributed by atoms with Gasteiger partial charge in [-0.3, -0.25) is 0 Å². The first-order valence-electron chi connectivity index (χ1n) is 2.56. The zero-order chi connectivity index (χ0) is 7.56. The third-order valence-corrected chi connectivity index (χ3v) is 1.69. The second-order valence-electron chi connectivity index (χ2n) is 1.70. The van der Waals surface area contributed by atoms with Gasteiger partial charge in [-0.2, -0.15) is 0 Å². The van der Waals surface area contributed by atoms with Gasteiger partial charge in [0.25, 0.3) is 0 Å². The number of rotatable bonds is 1. The van der Waals surface area contributed by atoms with Gasteiger partial charge in [-0.1, -0.05) is 0 Å². The van der Waals surface area contributed by atoms with Gasteiger partial charge < -0.3 is 5.98 Å². The first-order valence-corrected chi connectivity index (χ1v) is 3.67. The van der Waals surface area contributed by atoms with E-state index >= 15 is 0 Å². The summed E-state index contributed by atoms with van der Waals surface area (Å²) in [6.45, 7) is 0. The van der Waals surface area contributed by atoms with Crippen LogP contribution in [0.1, 0.15) is 1.43 Å². The number of hydrogen-bond donors (Lipinski definition) is 1. The minimum absolute atomic E-state index is 0. The average molecular weight is 200 g/mol. The molecule has 0 aromatic heterocycles. The van der Waals surface area contributed by atoms with E-state index in [-0.39, 0.29) is 57.7 Å². The summed E-state index contributed by atoms with van der Waals surface area (Å²) >= 11 is -2.00. The molecule has 0 bridgehead atoms. The van der Waals surface area contributed by atoms with Crippen molar-refractivity contribution in [2.75, 3.05) is 0 Å². The summed E-state index contributed by atoms with van der Waals surface area (Å²) in [5.41, 5.74) is 0. The fraction of sp³-hybridized carbons (Fsp3) is 0. The molecule has 1 aromatic rings. The van der Waals surface area contributed by atoms with Gasteiger partial charge >= 0.3 is 51.4 Å². The first kappa shape index (κ1) is 11.9. The SMILES string of the molecule is O=S(O)c1ccc(F)cc1.[H-].[K+]. The van der Waals surface area contributed by atoms with Crippen molar-refractivity contribution >= 4 is 11.1 Å².